The van der Waals surface area contributed by atoms with E-state index in [2.05, 4.69) is 5.32 Å². The summed E-state index contributed by atoms with van der Waals surface area (Å²) in [6, 6.07) is 10.1. The second-order valence-electron chi connectivity index (χ2n) is 4.95. The molecule has 1 aliphatic rings. The van der Waals surface area contributed by atoms with Gasteiger partial charge in [-0.3, -0.25) is 0 Å². The minimum absolute atomic E-state index is 0.0812. The average Bonchev–Trinajstić information content (AvgIpc) is 2.91. The molecule has 0 heterocycles. The molecule has 2 N–H and O–H groups in total. The van der Waals surface area contributed by atoms with Gasteiger partial charge in [0, 0.05) is 19.2 Å². The monoisotopic (exact) mass is 260 g/mol. The molecule has 4 nitrogen and oxygen atoms in total. The van der Waals surface area contributed by atoms with Gasteiger partial charge < -0.3 is 15.2 Å². The highest BCUT2D eigenvalue weighted by molar-refractivity contribution is 5.27. The molecular weight excluding hydrogens is 240 g/mol. The van der Waals surface area contributed by atoms with Crippen molar-refractivity contribution in [2.45, 2.75) is 31.8 Å². The first-order chi connectivity index (χ1) is 9.33. The minimum Gasteiger partial charge on any atom is -0.479 e. The van der Waals surface area contributed by atoms with E-state index in [1.165, 1.54) is 12.0 Å². The van der Waals surface area contributed by atoms with Gasteiger partial charge >= 0.3 is 0 Å². The number of hydrogen-bond acceptors (Lipinski definition) is 4. The summed E-state index contributed by atoms with van der Waals surface area (Å²) in [6.45, 7) is 1.16. The molecule has 0 aliphatic heterocycles. The van der Waals surface area contributed by atoms with E-state index in [1.807, 2.05) is 30.3 Å². The molecule has 2 unspecified atom stereocenters. The van der Waals surface area contributed by atoms with E-state index in [9.17, 15) is 5.11 Å². The molecule has 102 valence electrons. The van der Waals surface area contributed by atoms with Crippen molar-refractivity contribution >= 4 is 0 Å². The van der Waals surface area contributed by atoms with E-state index in [-0.39, 0.29) is 13.2 Å². The topological polar surface area (TPSA) is 65.3 Å². The van der Waals surface area contributed by atoms with Gasteiger partial charge in [-0.05, 0) is 36.5 Å². The van der Waals surface area contributed by atoms with Gasteiger partial charge in [0.1, 0.15) is 11.8 Å². The third-order valence-corrected chi connectivity index (χ3v) is 3.69. The van der Waals surface area contributed by atoms with E-state index >= 15 is 0 Å². The van der Waals surface area contributed by atoms with Crippen LogP contribution < -0.4 is 10.1 Å². The Balaban J connectivity index is 1.81. The summed E-state index contributed by atoms with van der Waals surface area (Å²) in [6.07, 6.45) is 3.47. The number of hydrogen-bond donors (Lipinski definition) is 2. The SMILES string of the molecule is N#CCOc1ccc(CNC2CCCC2CO)cc1. The van der Waals surface area contributed by atoms with Gasteiger partial charge in [-0.1, -0.05) is 18.6 Å². The predicted octanol–water partition coefficient (Wildman–Crippen LogP) is 1.84. The van der Waals surface area contributed by atoms with Crippen LogP contribution in [0.4, 0.5) is 0 Å². The Kier molecular flexibility index (Phi) is 5.20. The second-order valence-corrected chi connectivity index (χ2v) is 4.95. The number of aliphatic hydroxyl groups is 1. The van der Waals surface area contributed by atoms with Crippen LogP contribution in [0.2, 0.25) is 0 Å². The second kappa shape index (κ2) is 7.13. The quantitative estimate of drug-likeness (QED) is 0.819. The van der Waals surface area contributed by atoms with E-state index in [1.54, 1.807) is 0 Å². The van der Waals surface area contributed by atoms with Crippen LogP contribution in [0.1, 0.15) is 24.8 Å². The Hall–Kier alpha value is -1.57. The molecule has 1 aromatic carbocycles. The highest BCUT2D eigenvalue weighted by Gasteiger charge is 2.25. The first-order valence-corrected chi connectivity index (χ1v) is 6.76. The van der Waals surface area contributed by atoms with Crippen molar-refractivity contribution in [3.63, 3.8) is 0 Å². The number of nitriles is 1. The number of rotatable bonds is 6. The Labute approximate surface area is 114 Å². The fraction of sp³-hybridized carbons (Fsp3) is 0.533. The molecule has 0 saturated heterocycles. The van der Waals surface area contributed by atoms with Crippen LogP contribution in [0.15, 0.2) is 24.3 Å². The van der Waals surface area contributed by atoms with Crippen molar-refractivity contribution in [1.82, 2.24) is 5.32 Å². The van der Waals surface area contributed by atoms with Crippen molar-refractivity contribution < 1.29 is 9.84 Å². The van der Waals surface area contributed by atoms with Gasteiger partial charge in [-0.2, -0.15) is 5.26 Å². The number of ether oxygens (including phenoxy) is 1. The normalized spacial score (nSPS) is 22.1. The van der Waals surface area contributed by atoms with Crippen LogP contribution in [0.5, 0.6) is 5.75 Å². The van der Waals surface area contributed by atoms with Crippen LogP contribution in [-0.2, 0) is 6.54 Å². The molecule has 4 heteroatoms. The maximum absolute atomic E-state index is 9.27. The molecule has 0 amide bonds. The molecule has 19 heavy (non-hydrogen) atoms. The lowest BCUT2D eigenvalue weighted by molar-refractivity contribution is 0.205. The van der Waals surface area contributed by atoms with Crippen LogP contribution in [0.25, 0.3) is 0 Å². The predicted molar refractivity (Wildman–Crippen MR) is 72.6 cm³/mol. The van der Waals surface area contributed by atoms with Gasteiger partial charge in [-0.15, -0.1) is 0 Å². The summed E-state index contributed by atoms with van der Waals surface area (Å²) in [7, 11) is 0. The Morgan fingerprint density at radius 1 is 1.32 bits per heavy atom. The summed E-state index contributed by atoms with van der Waals surface area (Å²) in [4.78, 5) is 0. The molecule has 1 fully saturated rings. The van der Waals surface area contributed by atoms with Crippen molar-refractivity contribution in [1.29, 1.82) is 5.26 Å². The fourth-order valence-corrected chi connectivity index (χ4v) is 2.59. The number of benzene rings is 1. The lowest BCUT2D eigenvalue weighted by Crippen LogP contribution is -2.33. The fourth-order valence-electron chi connectivity index (χ4n) is 2.59. The summed E-state index contributed by atoms with van der Waals surface area (Å²) in [5, 5.41) is 21.2. The highest BCUT2D eigenvalue weighted by Crippen LogP contribution is 2.25. The Morgan fingerprint density at radius 2 is 2.11 bits per heavy atom. The molecule has 0 radical (unpaired) electrons. The lowest BCUT2D eigenvalue weighted by atomic mass is 10.0. The van der Waals surface area contributed by atoms with E-state index < -0.39 is 0 Å². The summed E-state index contributed by atoms with van der Waals surface area (Å²) in [5.41, 5.74) is 1.19. The molecule has 0 spiro atoms. The summed E-state index contributed by atoms with van der Waals surface area (Å²) < 4.78 is 5.21. The van der Waals surface area contributed by atoms with Crippen LogP contribution >= 0.6 is 0 Å². The number of nitrogens with zero attached hydrogens (tertiary/aromatic N) is 1. The molecule has 1 aromatic rings. The standard InChI is InChI=1S/C15H20N2O2/c16-8-9-19-14-6-4-12(5-7-14)10-17-15-3-1-2-13(15)11-18/h4-7,13,15,17-18H,1-3,9-11H2. The molecule has 2 rings (SSSR count). The molecule has 0 aromatic heterocycles. The highest BCUT2D eigenvalue weighted by atomic mass is 16.5. The van der Waals surface area contributed by atoms with Crippen molar-refractivity contribution in [2.75, 3.05) is 13.2 Å². The third-order valence-electron chi connectivity index (χ3n) is 3.69. The molecule has 2 atom stereocenters. The summed E-state index contributed by atoms with van der Waals surface area (Å²) in [5.74, 6) is 1.12. The largest absolute Gasteiger partial charge is 0.479 e. The first-order valence-electron chi connectivity index (χ1n) is 6.76. The van der Waals surface area contributed by atoms with Gasteiger partial charge in [0.05, 0.1) is 0 Å². The van der Waals surface area contributed by atoms with Gasteiger partial charge in [0.15, 0.2) is 6.61 Å². The zero-order chi connectivity index (χ0) is 13.5. The van der Waals surface area contributed by atoms with Crippen LogP contribution in [-0.4, -0.2) is 24.4 Å². The number of nitrogens with one attached hydrogen (secondary N) is 1. The van der Waals surface area contributed by atoms with Gasteiger partial charge in [-0.25, -0.2) is 0 Å². The molecular formula is C15H20N2O2. The van der Waals surface area contributed by atoms with E-state index in [0.29, 0.717) is 12.0 Å². The van der Waals surface area contributed by atoms with Crippen molar-refractivity contribution in [2.24, 2.45) is 5.92 Å². The maximum Gasteiger partial charge on any atom is 0.174 e. The van der Waals surface area contributed by atoms with Crippen LogP contribution in [0.3, 0.4) is 0 Å². The maximum atomic E-state index is 9.27. The minimum atomic E-state index is 0.0812. The zero-order valence-corrected chi connectivity index (χ0v) is 11.0. The van der Waals surface area contributed by atoms with Gasteiger partial charge in [0.2, 0.25) is 0 Å². The zero-order valence-electron chi connectivity index (χ0n) is 11.0. The van der Waals surface area contributed by atoms with E-state index in [0.717, 1.165) is 25.1 Å². The molecule has 1 aliphatic carbocycles. The summed E-state index contributed by atoms with van der Waals surface area (Å²) >= 11 is 0. The van der Waals surface area contributed by atoms with E-state index in [4.69, 9.17) is 10.00 Å². The Bertz CT molecular complexity index is 425. The first kappa shape index (κ1) is 13.9. The smallest absolute Gasteiger partial charge is 0.174 e. The number of aliphatic hydroxyl groups excluding tert-OH is 1. The average molecular weight is 260 g/mol. The van der Waals surface area contributed by atoms with Crippen LogP contribution in [0, 0.1) is 17.2 Å². The molecule has 0 bridgehead atoms. The van der Waals surface area contributed by atoms with Crippen molar-refractivity contribution in [3.05, 3.63) is 29.8 Å². The third kappa shape index (κ3) is 3.95. The lowest BCUT2D eigenvalue weighted by Gasteiger charge is -2.19. The molecule has 1 saturated carbocycles. The van der Waals surface area contributed by atoms with Crippen molar-refractivity contribution in [3.8, 4) is 11.8 Å². The Morgan fingerprint density at radius 3 is 2.79 bits per heavy atom. The van der Waals surface area contributed by atoms with Gasteiger partial charge in [0.25, 0.3) is 0 Å².